The molecular formula is C64H66N2. The minimum absolute atomic E-state index is 0.0919. The molecule has 0 unspecified atom stereocenters. The van der Waals surface area contributed by atoms with Crippen molar-refractivity contribution in [3.8, 4) is 22.3 Å². The van der Waals surface area contributed by atoms with E-state index in [4.69, 9.17) is 0 Å². The van der Waals surface area contributed by atoms with Crippen LogP contribution in [0.3, 0.4) is 0 Å². The number of allylic oxidation sites excluding steroid dienone is 3. The number of hydrogen-bond acceptors (Lipinski definition) is 2. The predicted molar refractivity (Wildman–Crippen MR) is 286 cm³/mol. The minimum atomic E-state index is -0.170. The van der Waals surface area contributed by atoms with E-state index < -0.39 is 0 Å². The van der Waals surface area contributed by atoms with Gasteiger partial charge in [0.25, 0.3) is 0 Å². The van der Waals surface area contributed by atoms with Crippen molar-refractivity contribution in [3.63, 3.8) is 0 Å². The van der Waals surface area contributed by atoms with E-state index in [-0.39, 0.29) is 16.2 Å². The third-order valence-corrected chi connectivity index (χ3v) is 14.2. The summed E-state index contributed by atoms with van der Waals surface area (Å²) in [6, 6.07) is 55.1. The van der Waals surface area contributed by atoms with Crippen LogP contribution in [0, 0.1) is 13.8 Å². The summed E-state index contributed by atoms with van der Waals surface area (Å²) in [6.45, 7) is 25.0. The molecule has 0 fully saturated rings. The van der Waals surface area contributed by atoms with E-state index in [1.165, 1.54) is 95.1 Å². The topological polar surface area (TPSA) is 6.48 Å². The molecule has 0 radical (unpaired) electrons. The Hall–Kier alpha value is -6.64. The average Bonchev–Trinajstić information content (AvgIpc) is 3.67. The Bertz CT molecular complexity index is 3020. The van der Waals surface area contributed by atoms with E-state index >= 15 is 0 Å². The number of unbranched alkanes of at least 4 members (excludes halogenated alkanes) is 1. The fourth-order valence-electron chi connectivity index (χ4n) is 10.2. The van der Waals surface area contributed by atoms with Gasteiger partial charge in [-0.3, -0.25) is 0 Å². The van der Waals surface area contributed by atoms with E-state index in [0.717, 1.165) is 24.2 Å². The van der Waals surface area contributed by atoms with Crippen molar-refractivity contribution in [1.29, 1.82) is 0 Å². The Morgan fingerprint density at radius 1 is 0.500 bits per heavy atom. The second-order valence-electron chi connectivity index (χ2n) is 20.7. The van der Waals surface area contributed by atoms with Gasteiger partial charge in [-0.1, -0.05) is 182 Å². The van der Waals surface area contributed by atoms with Crippen molar-refractivity contribution in [3.05, 3.63) is 220 Å². The first kappa shape index (κ1) is 44.6. The number of benzene rings is 7. The van der Waals surface area contributed by atoms with Crippen LogP contribution >= 0.6 is 0 Å². The monoisotopic (exact) mass is 863 g/mol. The fourth-order valence-corrected chi connectivity index (χ4v) is 10.2. The van der Waals surface area contributed by atoms with Crippen LogP contribution in [0.15, 0.2) is 170 Å². The number of hydrogen-bond donors (Lipinski definition) is 0. The zero-order valence-corrected chi connectivity index (χ0v) is 41.1. The first-order valence-corrected chi connectivity index (χ1v) is 24.0. The van der Waals surface area contributed by atoms with Gasteiger partial charge in [0.1, 0.15) is 0 Å². The number of fused-ring (bicyclic) bond motifs is 6. The molecular weight excluding hydrogens is 797 g/mol. The second-order valence-corrected chi connectivity index (χ2v) is 20.7. The third-order valence-electron chi connectivity index (χ3n) is 14.2. The maximum absolute atomic E-state index is 2.43. The summed E-state index contributed by atoms with van der Waals surface area (Å²) >= 11 is 0. The third kappa shape index (κ3) is 8.17. The molecule has 7 aromatic carbocycles. The lowest BCUT2D eigenvalue weighted by Crippen LogP contribution is -2.18. The lowest BCUT2D eigenvalue weighted by Gasteiger charge is -2.29. The summed E-state index contributed by atoms with van der Waals surface area (Å²) < 4.78 is 0. The largest absolute Gasteiger partial charge is 0.311 e. The van der Waals surface area contributed by atoms with Crippen LogP contribution in [0.25, 0.3) is 34.4 Å². The molecule has 0 spiro atoms. The minimum Gasteiger partial charge on any atom is -0.311 e. The number of anilines is 5. The highest BCUT2D eigenvalue weighted by atomic mass is 15.1. The number of aryl methyl sites for hydroxylation is 2. The van der Waals surface area contributed by atoms with Crippen LogP contribution < -0.4 is 9.80 Å². The highest BCUT2D eigenvalue weighted by Gasteiger charge is 2.38. The Morgan fingerprint density at radius 2 is 0.909 bits per heavy atom. The molecule has 2 aliphatic carbocycles. The lowest BCUT2D eigenvalue weighted by molar-refractivity contribution is 0.590. The maximum atomic E-state index is 2.43. The summed E-state index contributed by atoms with van der Waals surface area (Å²) in [5.41, 5.74) is 23.8. The van der Waals surface area contributed by atoms with Crippen LogP contribution in [-0.4, -0.2) is 0 Å². The first-order valence-electron chi connectivity index (χ1n) is 24.0. The molecule has 0 heterocycles. The van der Waals surface area contributed by atoms with Crippen molar-refractivity contribution < 1.29 is 0 Å². The van der Waals surface area contributed by atoms with E-state index in [1.54, 1.807) is 0 Å². The first-order chi connectivity index (χ1) is 31.6. The summed E-state index contributed by atoms with van der Waals surface area (Å²) in [7, 11) is 0. The molecule has 0 aliphatic heterocycles. The molecule has 9 rings (SSSR count). The molecule has 0 saturated carbocycles. The molecule has 0 atom stereocenters. The van der Waals surface area contributed by atoms with Gasteiger partial charge >= 0.3 is 0 Å². The van der Waals surface area contributed by atoms with Gasteiger partial charge in [0.2, 0.25) is 0 Å². The molecule has 2 heteroatoms. The van der Waals surface area contributed by atoms with Crippen LogP contribution in [0.1, 0.15) is 125 Å². The predicted octanol–water partition coefficient (Wildman–Crippen LogP) is 18.3. The van der Waals surface area contributed by atoms with Gasteiger partial charge in [0, 0.05) is 45.0 Å². The summed E-state index contributed by atoms with van der Waals surface area (Å²) in [4.78, 5) is 4.81. The van der Waals surface area contributed by atoms with Crippen LogP contribution in [0.4, 0.5) is 28.4 Å². The molecule has 0 amide bonds. The van der Waals surface area contributed by atoms with Crippen molar-refractivity contribution in [2.24, 2.45) is 0 Å². The summed E-state index contributed by atoms with van der Waals surface area (Å²) in [5.74, 6) is 0. The molecule has 0 aromatic heterocycles. The van der Waals surface area contributed by atoms with E-state index in [0.29, 0.717) is 0 Å². The molecule has 332 valence electrons. The number of nitrogens with zero attached hydrogens (tertiary/aromatic N) is 2. The normalized spacial score (nSPS) is 14.6. The molecule has 0 bridgehead atoms. The van der Waals surface area contributed by atoms with E-state index in [2.05, 4.69) is 262 Å². The number of rotatable bonds is 11. The quantitative estimate of drug-likeness (QED) is 0.0944. The van der Waals surface area contributed by atoms with Gasteiger partial charge in [-0.2, -0.15) is 0 Å². The molecule has 0 saturated heterocycles. The van der Waals surface area contributed by atoms with Crippen LogP contribution in [0.2, 0.25) is 0 Å². The fraction of sp³-hybridized carbons (Fsp3) is 0.250. The maximum Gasteiger partial charge on any atom is 0.0465 e. The lowest BCUT2D eigenvalue weighted by atomic mass is 9.81. The van der Waals surface area contributed by atoms with Gasteiger partial charge < -0.3 is 9.80 Å². The van der Waals surface area contributed by atoms with Crippen LogP contribution in [0.5, 0.6) is 0 Å². The summed E-state index contributed by atoms with van der Waals surface area (Å²) in [5, 5.41) is 0. The van der Waals surface area contributed by atoms with Crippen molar-refractivity contribution in [2.75, 3.05) is 9.80 Å². The highest BCUT2D eigenvalue weighted by Crippen LogP contribution is 2.53. The smallest absolute Gasteiger partial charge is 0.0465 e. The van der Waals surface area contributed by atoms with Gasteiger partial charge in [-0.25, -0.2) is 0 Å². The SMILES string of the molecule is CC=C(C=CCCC)N(c1ccc(C)cc1)c1ccc2c(c1)C(C)(C)c1cc(C=Cc3ccc4c(c3)C(C)(C)c3cc(N(c5ccc(C)cc5)c5ccc(C(C)(C)C)cc5)ccc3-4)ccc1-2. The van der Waals surface area contributed by atoms with Gasteiger partial charge in [0.05, 0.1) is 0 Å². The Labute approximate surface area is 395 Å². The standard InChI is InChI=1S/C64H66N2/c1-12-14-15-16-48(13-2)65(49-27-17-43(3)18-28-49)52-33-37-56-54-35-23-45(39-58(54)63(8,9)60(56)41-52)21-22-46-24-36-55-57-38-34-53(42-61(57)64(10,11)59(55)40-46)66(50-29-19-44(4)20-30-50)51-31-25-47(26-32-51)62(5,6)7/h13,15-42H,12,14H2,1-11H3. The van der Waals surface area contributed by atoms with Gasteiger partial charge in [-0.15, -0.1) is 0 Å². The van der Waals surface area contributed by atoms with Crippen molar-refractivity contribution in [1.82, 2.24) is 0 Å². The Kier molecular flexibility index (Phi) is 11.7. The summed E-state index contributed by atoms with van der Waals surface area (Å²) in [6.07, 6.45) is 13.6. The Morgan fingerprint density at radius 3 is 1.38 bits per heavy atom. The van der Waals surface area contributed by atoms with Crippen molar-refractivity contribution >= 4 is 40.6 Å². The van der Waals surface area contributed by atoms with Crippen molar-refractivity contribution in [2.45, 2.75) is 105 Å². The highest BCUT2D eigenvalue weighted by molar-refractivity contribution is 5.88. The second kappa shape index (κ2) is 17.3. The zero-order valence-electron chi connectivity index (χ0n) is 41.1. The van der Waals surface area contributed by atoms with Gasteiger partial charge in [0.15, 0.2) is 0 Å². The molecule has 2 nitrogen and oxygen atoms in total. The Balaban J connectivity index is 0.999. The molecule has 7 aromatic rings. The molecule has 2 aliphatic rings. The molecule has 0 N–H and O–H groups in total. The van der Waals surface area contributed by atoms with Crippen LogP contribution in [-0.2, 0) is 16.2 Å². The van der Waals surface area contributed by atoms with Gasteiger partial charge in [-0.05, 0) is 161 Å². The zero-order chi connectivity index (χ0) is 46.5. The van der Waals surface area contributed by atoms with E-state index in [1.807, 2.05) is 0 Å². The average molecular weight is 863 g/mol. The van der Waals surface area contributed by atoms with E-state index in [9.17, 15) is 0 Å². The molecule has 66 heavy (non-hydrogen) atoms.